The maximum absolute atomic E-state index is 12.1. The summed E-state index contributed by atoms with van der Waals surface area (Å²) in [6.07, 6.45) is 5.02. The van der Waals surface area contributed by atoms with Crippen molar-refractivity contribution in [3.63, 3.8) is 0 Å². The summed E-state index contributed by atoms with van der Waals surface area (Å²) in [7, 11) is 0. The monoisotopic (exact) mass is 293 g/mol. The number of nitrogens with zero attached hydrogens (tertiary/aromatic N) is 4. The van der Waals surface area contributed by atoms with E-state index in [1.807, 2.05) is 43.3 Å². The van der Waals surface area contributed by atoms with Crippen molar-refractivity contribution >= 4 is 5.91 Å². The summed E-state index contributed by atoms with van der Waals surface area (Å²) in [5.41, 5.74) is 3.24. The van der Waals surface area contributed by atoms with Gasteiger partial charge in [-0.3, -0.25) is 9.78 Å². The predicted octanol–water partition coefficient (Wildman–Crippen LogP) is 1.90. The Hall–Kier alpha value is -3.02. The van der Waals surface area contributed by atoms with Crippen LogP contribution in [0.2, 0.25) is 0 Å². The van der Waals surface area contributed by atoms with Crippen LogP contribution in [0.15, 0.2) is 55.0 Å². The second-order valence-corrected chi connectivity index (χ2v) is 4.93. The first-order valence-corrected chi connectivity index (χ1v) is 6.89. The highest BCUT2D eigenvalue weighted by atomic mass is 16.2. The third-order valence-electron chi connectivity index (χ3n) is 3.20. The predicted molar refractivity (Wildman–Crippen MR) is 81.5 cm³/mol. The molecule has 2 heterocycles. The summed E-state index contributed by atoms with van der Waals surface area (Å²) >= 11 is 0. The zero-order valence-electron chi connectivity index (χ0n) is 12.1. The molecule has 0 aliphatic rings. The number of rotatable bonds is 4. The van der Waals surface area contributed by atoms with E-state index in [-0.39, 0.29) is 11.6 Å². The SMILES string of the molecule is Cc1ccc(-n2cc(C(=O)NCc3cccnc3)nn2)cc1. The number of aromatic nitrogens is 4. The molecule has 0 atom stereocenters. The van der Waals surface area contributed by atoms with Crippen molar-refractivity contribution < 1.29 is 4.79 Å². The molecule has 0 bridgehead atoms. The van der Waals surface area contributed by atoms with Gasteiger partial charge in [-0.25, -0.2) is 4.68 Å². The van der Waals surface area contributed by atoms with Crippen LogP contribution in [0.3, 0.4) is 0 Å². The molecule has 0 fully saturated rings. The van der Waals surface area contributed by atoms with Gasteiger partial charge in [0.2, 0.25) is 0 Å². The molecule has 1 amide bonds. The average Bonchev–Trinajstić information content (AvgIpc) is 3.04. The highest BCUT2D eigenvalue weighted by Gasteiger charge is 2.11. The molecule has 3 rings (SSSR count). The minimum absolute atomic E-state index is 0.262. The number of carbonyl (C=O) groups is 1. The number of carbonyl (C=O) groups excluding carboxylic acids is 1. The first-order chi connectivity index (χ1) is 10.7. The molecule has 0 aliphatic heterocycles. The van der Waals surface area contributed by atoms with E-state index in [0.29, 0.717) is 6.54 Å². The van der Waals surface area contributed by atoms with Crippen LogP contribution in [-0.2, 0) is 6.54 Å². The van der Waals surface area contributed by atoms with Gasteiger partial charge in [-0.2, -0.15) is 0 Å². The smallest absolute Gasteiger partial charge is 0.273 e. The van der Waals surface area contributed by atoms with Crippen molar-refractivity contribution in [2.45, 2.75) is 13.5 Å². The second kappa shape index (κ2) is 6.17. The van der Waals surface area contributed by atoms with Gasteiger partial charge in [-0.05, 0) is 30.7 Å². The van der Waals surface area contributed by atoms with Crippen LogP contribution >= 0.6 is 0 Å². The third kappa shape index (κ3) is 3.17. The van der Waals surface area contributed by atoms with Gasteiger partial charge in [0.15, 0.2) is 5.69 Å². The molecule has 0 spiro atoms. The van der Waals surface area contributed by atoms with E-state index in [9.17, 15) is 4.79 Å². The average molecular weight is 293 g/mol. The van der Waals surface area contributed by atoms with Crippen molar-refractivity contribution in [1.82, 2.24) is 25.3 Å². The van der Waals surface area contributed by atoms with Crippen molar-refractivity contribution in [2.24, 2.45) is 0 Å². The Kier molecular flexibility index (Phi) is 3.91. The topological polar surface area (TPSA) is 72.7 Å². The Morgan fingerprint density at radius 2 is 2.05 bits per heavy atom. The summed E-state index contributed by atoms with van der Waals surface area (Å²) in [6.45, 7) is 2.42. The molecule has 3 aromatic rings. The molecular formula is C16H15N5O. The molecule has 0 aliphatic carbocycles. The van der Waals surface area contributed by atoms with Crippen LogP contribution < -0.4 is 5.32 Å². The Labute approximate surface area is 127 Å². The zero-order valence-corrected chi connectivity index (χ0v) is 12.1. The Morgan fingerprint density at radius 3 is 2.77 bits per heavy atom. The van der Waals surface area contributed by atoms with Crippen LogP contribution in [0.5, 0.6) is 0 Å². The molecular weight excluding hydrogens is 278 g/mol. The van der Waals surface area contributed by atoms with Gasteiger partial charge in [0.1, 0.15) is 0 Å². The Balaban J connectivity index is 1.68. The lowest BCUT2D eigenvalue weighted by molar-refractivity contribution is 0.0946. The van der Waals surface area contributed by atoms with E-state index in [1.54, 1.807) is 23.3 Å². The van der Waals surface area contributed by atoms with Crippen LogP contribution in [-0.4, -0.2) is 25.9 Å². The fraction of sp³-hybridized carbons (Fsp3) is 0.125. The Morgan fingerprint density at radius 1 is 1.23 bits per heavy atom. The lowest BCUT2D eigenvalue weighted by atomic mass is 10.2. The van der Waals surface area contributed by atoms with Crippen LogP contribution in [0.25, 0.3) is 5.69 Å². The maximum Gasteiger partial charge on any atom is 0.273 e. The largest absolute Gasteiger partial charge is 0.346 e. The van der Waals surface area contributed by atoms with E-state index in [0.717, 1.165) is 11.3 Å². The summed E-state index contributed by atoms with van der Waals surface area (Å²) in [6, 6.07) is 11.6. The molecule has 0 unspecified atom stereocenters. The summed E-state index contributed by atoms with van der Waals surface area (Å²) < 4.78 is 1.58. The van der Waals surface area contributed by atoms with Crippen LogP contribution in [0.1, 0.15) is 21.6 Å². The molecule has 0 saturated carbocycles. The normalized spacial score (nSPS) is 10.4. The van der Waals surface area contributed by atoms with Gasteiger partial charge in [-0.1, -0.05) is 29.0 Å². The number of amides is 1. The maximum atomic E-state index is 12.1. The molecule has 1 N–H and O–H groups in total. The molecule has 6 heteroatoms. The molecule has 0 saturated heterocycles. The van der Waals surface area contributed by atoms with E-state index >= 15 is 0 Å². The van der Waals surface area contributed by atoms with Crippen molar-refractivity contribution in [3.05, 3.63) is 71.8 Å². The van der Waals surface area contributed by atoms with Crippen LogP contribution in [0.4, 0.5) is 0 Å². The number of hydrogen-bond acceptors (Lipinski definition) is 4. The van der Waals surface area contributed by atoms with Gasteiger partial charge in [0.25, 0.3) is 5.91 Å². The number of pyridine rings is 1. The van der Waals surface area contributed by atoms with E-state index in [4.69, 9.17) is 0 Å². The van der Waals surface area contributed by atoms with E-state index in [2.05, 4.69) is 20.6 Å². The summed E-state index contributed by atoms with van der Waals surface area (Å²) in [5.74, 6) is -0.262. The highest BCUT2D eigenvalue weighted by molar-refractivity contribution is 5.91. The quantitative estimate of drug-likeness (QED) is 0.797. The van der Waals surface area contributed by atoms with Gasteiger partial charge in [0, 0.05) is 18.9 Å². The van der Waals surface area contributed by atoms with Gasteiger partial charge < -0.3 is 5.32 Å². The number of hydrogen-bond donors (Lipinski definition) is 1. The third-order valence-corrected chi connectivity index (χ3v) is 3.20. The van der Waals surface area contributed by atoms with Gasteiger partial charge >= 0.3 is 0 Å². The summed E-state index contributed by atoms with van der Waals surface area (Å²) in [5, 5.41) is 10.7. The fourth-order valence-corrected chi connectivity index (χ4v) is 1.97. The van der Waals surface area contributed by atoms with Gasteiger partial charge in [0.05, 0.1) is 11.9 Å². The van der Waals surface area contributed by atoms with Crippen molar-refractivity contribution in [3.8, 4) is 5.69 Å². The number of nitrogens with one attached hydrogen (secondary N) is 1. The van der Waals surface area contributed by atoms with E-state index in [1.165, 1.54) is 5.56 Å². The molecule has 110 valence electrons. The minimum Gasteiger partial charge on any atom is -0.346 e. The van der Waals surface area contributed by atoms with Crippen LogP contribution in [0, 0.1) is 6.92 Å². The molecule has 22 heavy (non-hydrogen) atoms. The first kappa shape index (κ1) is 13.9. The lowest BCUT2D eigenvalue weighted by Crippen LogP contribution is -2.23. The molecule has 2 aromatic heterocycles. The second-order valence-electron chi connectivity index (χ2n) is 4.93. The molecule has 0 radical (unpaired) electrons. The number of aryl methyl sites for hydroxylation is 1. The minimum atomic E-state index is -0.262. The van der Waals surface area contributed by atoms with Crippen molar-refractivity contribution in [1.29, 1.82) is 0 Å². The standard InChI is InChI=1S/C16H15N5O/c1-12-4-6-14(7-5-12)21-11-15(19-20-21)16(22)18-10-13-3-2-8-17-9-13/h2-9,11H,10H2,1H3,(H,18,22). The van der Waals surface area contributed by atoms with E-state index < -0.39 is 0 Å². The lowest BCUT2D eigenvalue weighted by Gasteiger charge is -2.02. The molecule has 6 nitrogen and oxygen atoms in total. The summed E-state index contributed by atoms with van der Waals surface area (Å²) in [4.78, 5) is 16.1. The van der Waals surface area contributed by atoms with Gasteiger partial charge in [-0.15, -0.1) is 5.10 Å². The first-order valence-electron chi connectivity index (χ1n) is 6.89. The zero-order chi connectivity index (χ0) is 15.4. The fourth-order valence-electron chi connectivity index (χ4n) is 1.97. The highest BCUT2D eigenvalue weighted by Crippen LogP contribution is 2.08. The number of benzene rings is 1. The molecule has 1 aromatic carbocycles. The Bertz CT molecular complexity index is 765. The van der Waals surface area contributed by atoms with Crippen molar-refractivity contribution in [2.75, 3.05) is 0 Å².